The van der Waals surface area contributed by atoms with Gasteiger partial charge in [-0.1, -0.05) is 0 Å². The molecule has 15 heavy (non-hydrogen) atoms. The Morgan fingerprint density at radius 2 is 2.07 bits per heavy atom. The van der Waals surface area contributed by atoms with Gasteiger partial charge in [-0.3, -0.25) is 4.18 Å². The normalized spacial score (nSPS) is 12.1. The molecule has 1 N–H and O–H groups in total. The van der Waals surface area contributed by atoms with Gasteiger partial charge in [0, 0.05) is 16.1 Å². The molecule has 1 aromatic heterocycles. The lowest BCUT2D eigenvalue weighted by Gasteiger charge is -2.03. The standard InChI is InChI=1S/C9H8BrNO3S/c1-14-15(12,13)8-3-2-7(10)9-6(8)4-5-11-9/h2-5,11H,1H3. The van der Waals surface area contributed by atoms with Crippen molar-refractivity contribution in [2.75, 3.05) is 7.11 Å². The van der Waals surface area contributed by atoms with Gasteiger partial charge in [0.05, 0.1) is 12.6 Å². The van der Waals surface area contributed by atoms with E-state index in [2.05, 4.69) is 25.1 Å². The first-order valence-corrected chi connectivity index (χ1v) is 6.32. The molecule has 1 aromatic carbocycles. The Hall–Kier alpha value is -0.850. The van der Waals surface area contributed by atoms with Gasteiger partial charge in [-0.2, -0.15) is 8.42 Å². The summed E-state index contributed by atoms with van der Waals surface area (Å²) in [5, 5.41) is 0.617. The van der Waals surface area contributed by atoms with Crippen LogP contribution in [0.5, 0.6) is 0 Å². The Labute approximate surface area is 95.5 Å². The van der Waals surface area contributed by atoms with E-state index in [1.165, 1.54) is 6.07 Å². The third-order valence-electron chi connectivity index (χ3n) is 2.12. The van der Waals surface area contributed by atoms with Crippen LogP contribution in [-0.2, 0) is 14.3 Å². The smallest absolute Gasteiger partial charge is 0.297 e. The molecule has 0 fully saturated rings. The number of H-pyrrole nitrogens is 1. The molecule has 0 aliphatic carbocycles. The van der Waals surface area contributed by atoms with E-state index in [0.29, 0.717) is 5.39 Å². The molecule has 0 aliphatic heterocycles. The monoisotopic (exact) mass is 289 g/mol. The fourth-order valence-corrected chi connectivity index (χ4v) is 2.72. The number of nitrogens with one attached hydrogen (secondary N) is 1. The molecular weight excluding hydrogens is 282 g/mol. The van der Waals surface area contributed by atoms with Crippen LogP contribution < -0.4 is 0 Å². The molecule has 0 bridgehead atoms. The predicted molar refractivity (Wildman–Crippen MR) is 60.2 cm³/mol. The second-order valence-corrected chi connectivity index (χ2v) is 5.47. The number of aromatic amines is 1. The van der Waals surface area contributed by atoms with Crippen LogP contribution in [0.1, 0.15) is 0 Å². The summed E-state index contributed by atoms with van der Waals surface area (Å²) in [7, 11) is -2.50. The minimum absolute atomic E-state index is 0.171. The number of rotatable bonds is 2. The second-order valence-electron chi connectivity index (χ2n) is 2.93. The molecule has 0 aliphatic rings. The number of hydrogen-bond acceptors (Lipinski definition) is 3. The van der Waals surface area contributed by atoms with Crippen molar-refractivity contribution in [1.82, 2.24) is 4.98 Å². The van der Waals surface area contributed by atoms with E-state index in [4.69, 9.17) is 0 Å². The third kappa shape index (κ3) is 1.68. The van der Waals surface area contributed by atoms with Crippen molar-refractivity contribution in [2.24, 2.45) is 0 Å². The summed E-state index contributed by atoms with van der Waals surface area (Å²) in [6.07, 6.45) is 1.68. The Kier molecular flexibility index (Phi) is 2.57. The van der Waals surface area contributed by atoms with Gasteiger partial charge >= 0.3 is 0 Å². The molecule has 0 saturated carbocycles. The van der Waals surface area contributed by atoms with Gasteiger partial charge in [-0.15, -0.1) is 0 Å². The highest BCUT2D eigenvalue weighted by Gasteiger charge is 2.17. The minimum Gasteiger partial charge on any atom is -0.360 e. The first-order valence-electron chi connectivity index (χ1n) is 4.12. The molecule has 2 rings (SSSR count). The first-order chi connectivity index (χ1) is 7.06. The van der Waals surface area contributed by atoms with Gasteiger partial charge in [-0.25, -0.2) is 0 Å². The molecule has 0 radical (unpaired) electrons. The summed E-state index contributed by atoms with van der Waals surface area (Å²) in [6.45, 7) is 0. The largest absolute Gasteiger partial charge is 0.360 e. The van der Waals surface area contributed by atoms with Crippen molar-refractivity contribution in [3.05, 3.63) is 28.9 Å². The molecule has 0 atom stereocenters. The minimum atomic E-state index is -3.65. The SMILES string of the molecule is COS(=O)(=O)c1ccc(Br)c2[nH]ccc12. The second kappa shape index (κ2) is 3.62. The zero-order valence-corrected chi connectivity index (χ0v) is 10.2. The summed E-state index contributed by atoms with van der Waals surface area (Å²) in [5.74, 6) is 0. The Balaban J connectivity index is 2.84. The Morgan fingerprint density at radius 1 is 1.33 bits per heavy atom. The van der Waals surface area contributed by atoms with Crippen LogP contribution in [0.15, 0.2) is 33.8 Å². The average Bonchev–Trinajstić information content (AvgIpc) is 2.67. The van der Waals surface area contributed by atoms with Gasteiger partial charge < -0.3 is 4.98 Å². The summed E-state index contributed by atoms with van der Waals surface area (Å²) in [5.41, 5.74) is 0.744. The fourth-order valence-electron chi connectivity index (χ4n) is 1.40. The lowest BCUT2D eigenvalue weighted by atomic mass is 10.2. The number of aromatic nitrogens is 1. The highest BCUT2D eigenvalue weighted by atomic mass is 79.9. The summed E-state index contributed by atoms with van der Waals surface area (Å²) in [4.78, 5) is 3.13. The van der Waals surface area contributed by atoms with Gasteiger partial charge in [0.1, 0.15) is 4.90 Å². The summed E-state index contributed by atoms with van der Waals surface area (Å²) in [6, 6.07) is 4.88. The molecule has 0 saturated heterocycles. The van der Waals surface area contributed by atoms with Crippen LogP contribution in [0, 0.1) is 0 Å². The molecule has 80 valence electrons. The van der Waals surface area contributed by atoms with Crippen LogP contribution in [0.3, 0.4) is 0 Å². The number of halogens is 1. The molecule has 0 spiro atoms. The van der Waals surface area contributed by atoms with Gasteiger partial charge in [-0.05, 0) is 34.1 Å². The van der Waals surface area contributed by atoms with E-state index in [1.807, 2.05) is 0 Å². The molecule has 2 aromatic rings. The van der Waals surface area contributed by atoms with Gasteiger partial charge in [0.2, 0.25) is 0 Å². The number of fused-ring (bicyclic) bond motifs is 1. The number of hydrogen-bond donors (Lipinski definition) is 1. The fraction of sp³-hybridized carbons (Fsp3) is 0.111. The maximum Gasteiger partial charge on any atom is 0.297 e. The van der Waals surface area contributed by atoms with Crippen molar-refractivity contribution in [1.29, 1.82) is 0 Å². The molecule has 0 unspecified atom stereocenters. The van der Waals surface area contributed by atoms with Crippen molar-refractivity contribution < 1.29 is 12.6 Å². The lowest BCUT2D eigenvalue weighted by molar-refractivity contribution is 0.398. The van der Waals surface area contributed by atoms with Crippen molar-refractivity contribution in [3.63, 3.8) is 0 Å². The zero-order chi connectivity index (χ0) is 11.1. The topological polar surface area (TPSA) is 59.2 Å². The maximum absolute atomic E-state index is 11.6. The summed E-state index contributed by atoms with van der Waals surface area (Å²) < 4.78 is 28.4. The highest BCUT2D eigenvalue weighted by molar-refractivity contribution is 9.10. The van der Waals surface area contributed by atoms with Crippen LogP contribution in [0.2, 0.25) is 0 Å². The average molecular weight is 290 g/mol. The van der Waals surface area contributed by atoms with Gasteiger partial charge in [0.25, 0.3) is 10.1 Å². The van der Waals surface area contributed by atoms with Crippen LogP contribution in [0.25, 0.3) is 10.9 Å². The van der Waals surface area contributed by atoms with E-state index in [1.54, 1.807) is 18.3 Å². The van der Waals surface area contributed by atoms with E-state index in [9.17, 15) is 8.42 Å². The Bertz CT molecular complexity index is 603. The molecule has 6 heteroatoms. The van der Waals surface area contributed by atoms with E-state index in [-0.39, 0.29) is 4.90 Å². The van der Waals surface area contributed by atoms with Crippen molar-refractivity contribution in [2.45, 2.75) is 4.90 Å². The third-order valence-corrected chi connectivity index (χ3v) is 4.12. The van der Waals surface area contributed by atoms with Crippen LogP contribution in [0.4, 0.5) is 0 Å². The van der Waals surface area contributed by atoms with E-state index >= 15 is 0 Å². The van der Waals surface area contributed by atoms with Gasteiger partial charge in [0.15, 0.2) is 0 Å². The lowest BCUT2D eigenvalue weighted by Crippen LogP contribution is -2.03. The molecule has 1 heterocycles. The predicted octanol–water partition coefficient (Wildman–Crippen LogP) is 2.27. The maximum atomic E-state index is 11.6. The van der Waals surface area contributed by atoms with Crippen molar-refractivity contribution in [3.8, 4) is 0 Å². The van der Waals surface area contributed by atoms with Crippen LogP contribution >= 0.6 is 15.9 Å². The van der Waals surface area contributed by atoms with Crippen molar-refractivity contribution >= 4 is 37.0 Å². The quantitative estimate of drug-likeness (QED) is 0.863. The Morgan fingerprint density at radius 3 is 2.73 bits per heavy atom. The molecular formula is C9H8BrNO3S. The molecule has 4 nitrogen and oxygen atoms in total. The van der Waals surface area contributed by atoms with Crippen LogP contribution in [-0.4, -0.2) is 20.5 Å². The summed E-state index contributed by atoms with van der Waals surface area (Å²) >= 11 is 3.33. The zero-order valence-electron chi connectivity index (χ0n) is 7.82. The van der Waals surface area contributed by atoms with E-state index < -0.39 is 10.1 Å². The van der Waals surface area contributed by atoms with E-state index in [0.717, 1.165) is 17.1 Å². The number of benzene rings is 1. The highest BCUT2D eigenvalue weighted by Crippen LogP contribution is 2.29. The first kappa shape index (κ1) is 10.7. The molecule has 0 amide bonds.